The summed E-state index contributed by atoms with van der Waals surface area (Å²) >= 11 is 0. The second-order valence-corrected chi connectivity index (χ2v) is 6.27. The Bertz CT molecular complexity index is 304. The summed E-state index contributed by atoms with van der Waals surface area (Å²) in [5.41, 5.74) is 3.73. The standard InChI is InChI=1S/C15H24/c1-11-7-8-15(3,4)10-14-12(2)5-6-13(14)9-11/h7,10,12-13H,5-6,8-9H2,1-4H3/b11-7-,14-10-/t12-,13?/m1/s1. The van der Waals surface area contributed by atoms with Gasteiger partial charge in [0.05, 0.1) is 0 Å². The summed E-state index contributed by atoms with van der Waals surface area (Å²) in [6.07, 6.45) is 10.4. The van der Waals surface area contributed by atoms with Crippen molar-refractivity contribution < 1.29 is 0 Å². The van der Waals surface area contributed by atoms with Crippen molar-refractivity contribution in [2.24, 2.45) is 17.3 Å². The highest BCUT2D eigenvalue weighted by molar-refractivity contribution is 5.23. The third-order valence-electron chi connectivity index (χ3n) is 4.09. The molecule has 1 saturated carbocycles. The fourth-order valence-corrected chi connectivity index (χ4v) is 3.09. The van der Waals surface area contributed by atoms with E-state index in [-0.39, 0.29) is 0 Å². The molecule has 2 rings (SSSR count). The van der Waals surface area contributed by atoms with Crippen LogP contribution in [0.25, 0.3) is 0 Å². The third-order valence-corrected chi connectivity index (χ3v) is 4.09. The van der Waals surface area contributed by atoms with E-state index in [0.717, 1.165) is 11.8 Å². The normalized spacial score (nSPS) is 41.9. The predicted molar refractivity (Wildman–Crippen MR) is 66.7 cm³/mol. The molecule has 2 aliphatic rings. The van der Waals surface area contributed by atoms with Gasteiger partial charge >= 0.3 is 0 Å². The van der Waals surface area contributed by atoms with Crippen molar-refractivity contribution in [2.45, 2.75) is 53.4 Å². The second-order valence-electron chi connectivity index (χ2n) is 6.27. The average Bonchev–Trinajstić information content (AvgIpc) is 2.44. The molecule has 2 atom stereocenters. The van der Waals surface area contributed by atoms with E-state index >= 15 is 0 Å². The molecular formula is C15H24. The van der Waals surface area contributed by atoms with Crippen molar-refractivity contribution >= 4 is 0 Å². The third kappa shape index (κ3) is 2.35. The zero-order valence-electron chi connectivity index (χ0n) is 10.6. The van der Waals surface area contributed by atoms with Crippen molar-refractivity contribution in [2.75, 3.05) is 0 Å². The van der Waals surface area contributed by atoms with Crippen LogP contribution in [0.2, 0.25) is 0 Å². The van der Waals surface area contributed by atoms with Gasteiger partial charge < -0.3 is 0 Å². The highest BCUT2D eigenvalue weighted by atomic mass is 14.4. The van der Waals surface area contributed by atoms with Crippen molar-refractivity contribution in [3.63, 3.8) is 0 Å². The Morgan fingerprint density at radius 1 is 1.27 bits per heavy atom. The Morgan fingerprint density at radius 2 is 2.00 bits per heavy atom. The van der Waals surface area contributed by atoms with Gasteiger partial charge in [-0.3, -0.25) is 0 Å². The van der Waals surface area contributed by atoms with E-state index in [4.69, 9.17) is 0 Å². The van der Waals surface area contributed by atoms with Crippen molar-refractivity contribution in [3.05, 3.63) is 23.3 Å². The molecule has 0 saturated heterocycles. The van der Waals surface area contributed by atoms with Crippen LogP contribution >= 0.6 is 0 Å². The van der Waals surface area contributed by atoms with Crippen LogP contribution < -0.4 is 0 Å². The first kappa shape index (κ1) is 11.0. The lowest BCUT2D eigenvalue weighted by molar-refractivity contribution is 0.462. The minimum atomic E-state index is 0.369. The summed E-state index contributed by atoms with van der Waals surface area (Å²) in [4.78, 5) is 0. The number of allylic oxidation sites excluding steroid dienone is 4. The molecule has 0 spiro atoms. The van der Waals surface area contributed by atoms with Crippen LogP contribution in [0, 0.1) is 17.3 Å². The molecule has 84 valence electrons. The van der Waals surface area contributed by atoms with Gasteiger partial charge in [0.25, 0.3) is 0 Å². The van der Waals surface area contributed by atoms with Gasteiger partial charge in [0.2, 0.25) is 0 Å². The summed E-state index contributed by atoms with van der Waals surface area (Å²) in [7, 11) is 0. The molecule has 0 amide bonds. The van der Waals surface area contributed by atoms with Gasteiger partial charge in [-0.15, -0.1) is 0 Å². The smallest absolute Gasteiger partial charge is 0.0137 e. The number of rotatable bonds is 0. The molecule has 15 heavy (non-hydrogen) atoms. The van der Waals surface area contributed by atoms with Crippen LogP contribution in [-0.4, -0.2) is 0 Å². The van der Waals surface area contributed by atoms with Crippen LogP contribution in [-0.2, 0) is 0 Å². The van der Waals surface area contributed by atoms with Crippen LogP contribution in [0.4, 0.5) is 0 Å². The molecule has 0 aromatic rings. The first-order valence-electron chi connectivity index (χ1n) is 6.36. The van der Waals surface area contributed by atoms with Gasteiger partial charge in [0, 0.05) is 0 Å². The van der Waals surface area contributed by atoms with Gasteiger partial charge in [-0.2, -0.15) is 0 Å². The second kappa shape index (κ2) is 3.81. The fourth-order valence-electron chi connectivity index (χ4n) is 3.09. The highest BCUT2D eigenvalue weighted by Gasteiger charge is 2.30. The van der Waals surface area contributed by atoms with Gasteiger partial charge in [0.15, 0.2) is 0 Å². The Hall–Kier alpha value is -0.520. The van der Waals surface area contributed by atoms with Gasteiger partial charge in [-0.25, -0.2) is 0 Å². The van der Waals surface area contributed by atoms with E-state index in [1.165, 1.54) is 25.7 Å². The molecule has 0 N–H and O–H groups in total. The van der Waals surface area contributed by atoms with Crippen LogP contribution in [0.3, 0.4) is 0 Å². The van der Waals surface area contributed by atoms with E-state index in [0.29, 0.717) is 5.41 Å². The number of hydrogen-bond donors (Lipinski definition) is 0. The van der Waals surface area contributed by atoms with Crippen molar-refractivity contribution in [1.29, 1.82) is 0 Å². The average molecular weight is 204 g/mol. The molecule has 0 heteroatoms. The van der Waals surface area contributed by atoms with Gasteiger partial charge in [0.1, 0.15) is 0 Å². The summed E-state index contributed by atoms with van der Waals surface area (Å²) in [6, 6.07) is 0. The van der Waals surface area contributed by atoms with Gasteiger partial charge in [-0.05, 0) is 49.9 Å². The zero-order chi connectivity index (χ0) is 11.1. The van der Waals surface area contributed by atoms with Crippen molar-refractivity contribution in [1.82, 2.24) is 0 Å². The lowest BCUT2D eigenvalue weighted by Crippen LogP contribution is -2.13. The minimum Gasteiger partial charge on any atom is -0.0847 e. The Kier molecular flexibility index (Phi) is 2.79. The minimum absolute atomic E-state index is 0.369. The quantitative estimate of drug-likeness (QED) is 0.501. The molecule has 0 aromatic heterocycles. The Labute approximate surface area is 94.5 Å². The lowest BCUT2D eigenvalue weighted by atomic mass is 9.79. The Morgan fingerprint density at radius 3 is 2.73 bits per heavy atom. The lowest BCUT2D eigenvalue weighted by Gasteiger charge is -2.27. The Balaban J connectivity index is 2.32. The monoisotopic (exact) mass is 204 g/mol. The molecule has 0 aromatic carbocycles. The topological polar surface area (TPSA) is 0 Å². The van der Waals surface area contributed by atoms with Gasteiger partial charge in [-0.1, -0.05) is 44.1 Å². The highest BCUT2D eigenvalue weighted by Crippen LogP contribution is 2.44. The largest absolute Gasteiger partial charge is 0.0847 e. The molecule has 2 aliphatic carbocycles. The molecule has 0 aliphatic heterocycles. The molecule has 1 fully saturated rings. The van der Waals surface area contributed by atoms with E-state index in [2.05, 4.69) is 39.8 Å². The molecular weight excluding hydrogens is 180 g/mol. The molecule has 1 unspecified atom stereocenters. The number of fused-ring (bicyclic) bond motifs is 1. The number of hydrogen-bond acceptors (Lipinski definition) is 0. The van der Waals surface area contributed by atoms with Crippen LogP contribution in [0.15, 0.2) is 23.3 Å². The van der Waals surface area contributed by atoms with Crippen molar-refractivity contribution in [3.8, 4) is 0 Å². The van der Waals surface area contributed by atoms with E-state index in [1.54, 1.807) is 11.1 Å². The zero-order valence-corrected chi connectivity index (χ0v) is 10.6. The first-order chi connectivity index (χ1) is 6.98. The summed E-state index contributed by atoms with van der Waals surface area (Å²) in [5.74, 6) is 1.69. The predicted octanol–water partition coefficient (Wildman–Crippen LogP) is 4.73. The van der Waals surface area contributed by atoms with E-state index in [9.17, 15) is 0 Å². The maximum atomic E-state index is 2.58. The van der Waals surface area contributed by atoms with E-state index < -0.39 is 0 Å². The summed E-state index contributed by atoms with van der Waals surface area (Å²) in [5, 5.41) is 0. The first-order valence-corrected chi connectivity index (χ1v) is 6.36. The molecule has 0 heterocycles. The van der Waals surface area contributed by atoms with Crippen LogP contribution in [0.1, 0.15) is 53.4 Å². The maximum Gasteiger partial charge on any atom is -0.0137 e. The summed E-state index contributed by atoms with van der Waals surface area (Å²) < 4.78 is 0. The van der Waals surface area contributed by atoms with Crippen LogP contribution in [0.5, 0.6) is 0 Å². The molecule has 0 bridgehead atoms. The molecule has 0 nitrogen and oxygen atoms in total. The maximum absolute atomic E-state index is 2.58. The molecule has 0 radical (unpaired) electrons. The van der Waals surface area contributed by atoms with E-state index in [1.807, 2.05) is 0 Å². The fraction of sp³-hybridized carbons (Fsp3) is 0.733. The summed E-state index contributed by atoms with van der Waals surface area (Å²) in [6.45, 7) is 9.46. The SMILES string of the molecule is C/C1=C/CC(C)(C)/C=C2\C(CC[C@H]2C)C1.